The number of hydrogen-bond donors (Lipinski definition) is 1. The van der Waals surface area contributed by atoms with Crippen LogP contribution in [0.4, 0.5) is 0 Å². The maximum atomic E-state index is 11.7. The van der Waals surface area contributed by atoms with Crippen LogP contribution in [0.2, 0.25) is 5.02 Å². The zero-order chi connectivity index (χ0) is 18.1. The van der Waals surface area contributed by atoms with Gasteiger partial charge in [-0.25, -0.2) is 4.79 Å². The number of halogens is 1. The predicted molar refractivity (Wildman–Crippen MR) is 94.4 cm³/mol. The first kappa shape index (κ1) is 18.2. The predicted octanol–water partition coefficient (Wildman–Crippen LogP) is 3.08. The van der Waals surface area contributed by atoms with Gasteiger partial charge in [0.05, 0.1) is 11.6 Å². The Morgan fingerprint density at radius 3 is 2.56 bits per heavy atom. The van der Waals surface area contributed by atoms with E-state index in [0.29, 0.717) is 10.6 Å². The van der Waals surface area contributed by atoms with Crippen LogP contribution in [0, 0.1) is 11.3 Å². The first-order chi connectivity index (χ1) is 12.1. The van der Waals surface area contributed by atoms with Crippen LogP contribution < -0.4 is 5.32 Å². The molecule has 0 spiro atoms. The number of esters is 1. The molecule has 0 atom stereocenters. The fourth-order valence-corrected chi connectivity index (χ4v) is 2.11. The second kappa shape index (κ2) is 9.26. The molecule has 0 fully saturated rings. The summed E-state index contributed by atoms with van der Waals surface area (Å²) in [5.74, 6) is -1.04. The first-order valence-corrected chi connectivity index (χ1v) is 7.81. The number of ether oxygens (including phenoxy) is 1. The van der Waals surface area contributed by atoms with E-state index in [-0.39, 0.29) is 13.2 Å². The van der Waals surface area contributed by atoms with Crippen molar-refractivity contribution < 1.29 is 14.3 Å². The van der Waals surface area contributed by atoms with Gasteiger partial charge in [-0.3, -0.25) is 4.79 Å². The van der Waals surface area contributed by atoms with Crippen molar-refractivity contribution in [1.29, 1.82) is 5.26 Å². The number of amides is 1. The molecule has 0 heterocycles. The maximum absolute atomic E-state index is 11.7. The molecule has 25 heavy (non-hydrogen) atoms. The molecule has 0 aliphatic heterocycles. The van der Waals surface area contributed by atoms with Crippen molar-refractivity contribution in [3.8, 4) is 6.07 Å². The number of rotatable bonds is 6. The van der Waals surface area contributed by atoms with Crippen molar-refractivity contribution in [2.75, 3.05) is 6.61 Å². The van der Waals surface area contributed by atoms with Crippen molar-refractivity contribution >= 4 is 29.6 Å². The van der Waals surface area contributed by atoms with E-state index in [9.17, 15) is 9.59 Å². The highest BCUT2D eigenvalue weighted by Crippen LogP contribution is 2.14. The second-order valence-corrected chi connectivity index (χ2v) is 5.45. The Labute approximate surface area is 150 Å². The van der Waals surface area contributed by atoms with Gasteiger partial charge in [-0.05, 0) is 35.4 Å². The van der Waals surface area contributed by atoms with Gasteiger partial charge in [0, 0.05) is 17.6 Å². The molecule has 0 radical (unpaired) electrons. The molecule has 0 aromatic heterocycles. The molecule has 0 bridgehead atoms. The molecular weight excluding hydrogens is 340 g/mol. The molecule has 0 unspecified atom stereocenters. The summed E-state index contributed by atoms with van der Waals surface area (Å²) in [6, 6.07) is 15.9. The average molecular weight is 355 g/mol. The van der Waals surface area contributed by atoms with Crippen LogP contribution in [0.3, 0.4) is 0 Å². The Balaban J connectivity index is 1.75. The highest BCUT2D eigenvalue weighted by Gasteiger charge is 2.06. The van der Waals surface area contributed by atoms with Crippen molar-refractivity contribution in [2.24, 2.45) is 0 Å². The van der Waals surface area contributed by atoms with Gasteiger partial charge in [0.25, 0.3) is 5.91 Å². The van der Waals surface area contributed by atoms with Gasteiger partial charge < -0.3 is 10.1 Å². The average Bonchev–Trinajstić information content (AvgIpc) is 2.64. The summed E-state index contributed by atoms with van der Waals surface area (Å²) in [4.78, 5) is 23.3. The van der Waals surface area contributed by atoms with Gasteiger partial charge in [-0.1, -0.05) is 41.9 Å². The van der Waals surface area contributed by atoms with Crippen molar-refractivity contribution in [3.63, 3.8) is 0 Å². The number of nitrogens with one attached hydrogen (secondary N) is 1. The molecule has 0 aliphatic rings. The SMILES string of the molecule is N#Cc1ccc(/C=C/C(=O)OCC(=O)NCc2ccccc2Cl)cc1. The number of carbonyl (C=O) groups excluding carboxylic acids is 2. The molecule has 0 saturated carbocycles. The highest BCUT2D eigenvalue weighted by atomic mass is 35.5. The Morgan fingerprint density at radius 2 is 1.88 bits per heavy atom. The van der Waals surface area contributed by atoms with Gasteiger partial charge >= 0.3 is 5.97 Å². The van der Waals surface area contributed by atoms with Crippen molar-refractivity contribution in [2.45, 2.75) is 6.54 Å². The Kier molecular flexibility index (Phi) is 6.76. The van der Waals surface area contributed by atoms with Gasteiger partial charge in [-0.2, -0.15) is 5.26 Å². The monoisotopic (exact) mass is 354 g/mol. The Hall–Kier alpha value is -3.10. The van der Waals surface area contributed by atoms with E-state index in [2.05, 4.69) is 5.32 Å². The standard InChI is InChI=1S/C19H15ClN2O3/c20-17-4-2-1-3-16(17)12-22-18(23)13-25-19(24)10-9-14-5-7-15(11-21)8-6-14/h1-10H,12-13H2,(H,22,23)/b10-9+. The van der Waals surface area contributed by atoms with Crippen LogP contribution in [0.25, 0.3) is 6.08 Å². The lowest BCUT2D eigenvalue weighted by Gasteiger charge is -2.06. The minimum absolute atomic E-state index is 0.261. The van der Waals surface area contributed by atoms with Gasteiger partial charge in [0.2, 0.25) is 0 Å². The molecule has 0 aliphatic carbocycles. The number of hydrogen-bond acceptors (Lipinski definition) is 4. The van der Waals surface area contributed by atoms with Crippen LogP contribution in [0.1, 0.15) is 16.7 Å². The fourth-order valence-electron chi connectivity index (χ4n) is 1.90. The summed E-state index contributed by atoms with van der Waals surface area (Å²) in [6.07, 6.45) is 2.77. The molecule has 1 amide bonds. The smallest absolute Gasteiger partial charge is 0.331 e. The highest BCUT2D eigenvalue weighted by molar-refractivity contribution is 6.31. The summed E-state index contributed by atoms with van der Waals surface area (Å²) in [5.41, 5.74) is 2.07. The summed E-state index contributed by atoms with van der Waals surface area (Å²) < 4.78 is 4.87. The lowest BCUT2D eigenvalue weighted by molar-refractivity contribution is -0.143. The first-order valence-electron chi connectivity index (χ1n) is 7.43. The third-order valence-corrected chi connectivity index (χ3v) is 3.60. The van der Waals surface area contributed by atoms with E-state index >= 15 is 0 Å². The summed E-state index contributed by atoms with van der Waals surface area (Å²) >= 11 is 5.99. The largest absolute Gasteiger partial charge is 0.452 e. The lowest BCUT2D eigenvalue weighted by atomic mass is 10.1. The van der Waals surface area contributed by atoms with Crippen LogP contribution in [-0.4, -0.2) is 18.5 Å². The van der Waals surface area contributed by atoms with Crippen LogP contribution >= 0.6 is 11.6 Å². The van der Waals surface area contributed by atoms with Crippen molar-refractivity contribution in [1.82, 2.24) is 5.32 Å². The zero-order valence-electron chi connectivity index (χ0n) is 13.2. The van der Waals surface area contributed by atoms with Crippen LogP contribution in [-0.2, 0) is 20.9 Å². The van der Waals surface area contributed by atoms with Crippen LogP contribution in [0.15, 0.2) is 54.6 Å². The van der Waals surface area contributed by atoms with Crippen molar-refractivity contribution in [3.05, 3.63) is 76.3 Å². The Morgan fingerprint density at radius 1 is 1.16 bits per heavy atom. The maximum Gasteiger partial charge on any atom is 0.331 e. The molecule has 6 heteroatoms. The third kappa shape index (κ3) is 6.13. The van der Waals surface area contributed by atoms with E-state index in [4.69, 9.17) is 21.6 Å². The second-order valence-electron chi connectivity index (χ2n) is 5.04. The number of carbonyl (C=O) groups is 2. The molecular formula is C19H15ClN2O3. The molecule has 2 rings (SSSR count). The third-order valence-electron chi connectivity index (χ3n) is 3.23. The summed E-state index contributed by atoms with van der Waals surface area (Å²) in [6.45, 7) is -0.113. The normalized spacial score (nSPS) is 10.2. The molecule has 1 N–H and O–H groups in total. The van der Waals surface area contributed by atoms with E-state index in [1.807, 2.05) is 12.1 Å². The van der Waals surface area contributed by atoms with E-state index in [1.165, 1.54) is 6.08 Å². The van der Waals surface area contributed by atoms with Crippen LogP contribution in [0.5, 0.6) is 0 Å². The Bertz CT molecular complexity index is 823. The van der Waals surface area contributed by atoms with Gasteiger partial charge in [-0.15, -0.1) is 0 Å². The summed E-state index contributed by atoms with van der Waals surface area (Å²) in [7, 11) is 0. The molecule has 5 nitrogen and oxygen atoms in total. The van der Waals surface area contributed by atoms with E-state index in [0.717, 1.165) is 11.1 Å². The fraction of sp³-hybridized carbons (Fsp3) is 0.105. The number of nitrogens with zero attached hydrogens (tertiary/aromatic N) is 1. The molecule has 2 aromatic rings. The minimum Gasteiger partial charge on any atom is -0.452 e. The number of benzene rings is 2. The molecule has 0 saturated heterocycles. The zero-order valence-corrected chi connectivity index (χ0v) is 14.0. The van der Waals surface area contributed by atoms with Gasteiger partial charge in [0.15, 0.2) is 6.61 Å². The van der Waals surface area contributed by atoms with E-state index in [1.54, 1.807) is 48.5 Å². The molecule has 126 valence electrons. The number of nitriles is 1. The van der Waals surface area contributed by atoms with Gasteiger partial charge in [0.1, 0.15) is 0 Å². The van der Waals surface area contributed by atoms with E-state index < -0.39 is 11.9 Å². The quantitative estimate of drug-likeness (QED) is 0.638. The lowest BCUT2D eigenvalue weighted by Crippen LogP contribution is -2.28. The summed E-state index contributed by atoms with van der Waals surface area (Å²) in [5, 5.41) is 11.9. The topological polar surface area (TPSA) is 79.2 Å². The molecule has 2 aromatic carbocycles. The minimum atomic E-state index is -0.628.